The molecule has 0 radical (unpaired) electrons. The molecule has 2 saturated carbocycles. The summed E-state index contributed by atoms with van der Waals surface area (Å²) in [7, 11) is 0. The molecule has 2 aliphatic carbocycles. The minimum atomic E-state index is -0.215. The second-order valence-electron chi connectivity index (χ2n) is 5.84. The number of nitrogens with one attached hydrogen (secondary N) is 1. The molecule has 0 aromatic carbocycles. The largest absolute Gasteiger partial charge is 0.345 e. The van der Waals surface area contributed by atoms with Gasteiger partial charge in [0, 0.05) is 23.3 Å². The van der Waals surface area contributed by atoms with Gasteiger partial charge in [-0.15, -0.1) is 0 Å². The van der Waals surface area contributed by atoms with E-state index < -0.39 is 0 Å². The summed E-state index contributed by atoms with van der Waals surface area (Å²) in [5, 5.41) is 3.10. The highest BCUT2D eigenvalue weighted by molar-refractivity contribution is 5.92. The molecule has 0 spiro atoms. The molecule has 3 rings (SSSR count). The molecule has 2 bridgehead atoms. The number of nitrogens with zero attached hydrogens (tertiary/aromatic N) is 2. The summed E-state index contributed by atoms with van der Waals surface area (Å²) in [6, 6.07) is 0. The average Bonchev–Trinajstić information content (AvgIpc) is 2.71. The van der Waals surface area contributed by atoms with Gasteiger partial charge in [0.25, 0.3) is 5.91 Å². The van der Waals surface area contributed by atoms with Gasteiger partial charge in [0.15, 0.2) is 0 Å². The third-order valence-corrected chi connectivity index (χ3v) is 4.55. The van der Waals surface area contributed by atoms with Crippen LogP contribution in [0, 0.1) is 5.41 Å². The van der Waals surface area contributed by atoms with Gasteiger partial charge in [-0.2, -0.15) is 0 Å². The first-order valence-corrected chi connectivity index (χ1v) is 6.72. The zero-order valence-electron chi connectivity index (χ0n) is 10.8. The van der Waals surface area contributed by atoms with Crippen molar-refractivity contribution >= 4 is 12.2 Å². The van der Waals surface area contributed by atoms with Crippen LogP contribution in [0.15, 0.2) is 18.6 Å². The molecule has 2 unspecified atom stereocenters. The zero-order chi connectivity index (χ0) is 13.3. The quantitative estimate of drug-likeness (QED) is 0.835. The summed E-state index contributed by atoms with van der Waals surface area (Å²) in [5.41, 5.74) is -0.0761. The second kappa shape index (κ2) is 4.40. The second-order valence-corrected chi connectivity index (χ2v) is 5.84. The summed E-state index contributed by atoms with van der Waals surface area (Å²) < 4.78 is 0. The number of carbonyl (C=O) groups excluding carboxylic acids is 2. The van der Waals surface area contributed by atoms with Crippen LogP contribution in [0.5, 0.6) is 0 Å². The lowest BCUT2D eigenvalue weighted by molar-refractivity contribution is -0.117. The van der Waals surface area contributed by atoms with Crippen LogP contribution in [0.4, 0.5) is 0 Å². The van der Waals surface area contributed by atoms with Crippen LogP contribution in [0.2, 0.25) is 0 Å². The van der Waals surface area contributed by atoms with Crippen molar-refractivity contribution < 1.29 is 9.59 Å². The first-order chi connectivity index (χ1) is 9.17. The molecule has 1 heterocycles. The van der Waals surface area contributed by atoms with E-state index in [0.29, 0.717) is 5.69 Å². The van der Waals surface area contributed by atoms with Crippen molar-refractivity contribution in [3.8, 4) is 0 Å². The summed E-state index contributed by atoms with van der Waals surface area (Å²) in [4.78, 5) is 31.4. The number of aromatic nitrogens is 2. The van der Waals surface area contributed by atoms with Gasteiger partial charge in [-0.05, 0) is 32.1 Å². The van der Waals surface area contributed by atoms with Crippen molar-refractivity contribution in [1.29, 1.82) is 0 Å². The van der Waals surface area contributed by atoms with Gasteiger partial charge in [0.05, 0.1) is 6.20 Å². The molecule has 0 aliphatic heterocycles. The van der Waals surface area contributed by atoms with E-state index in [1.807, 2.05) is 0 Å². The number of hydrogen-bond acceptors (Lipinski definition) is 4. The Balaban J connectivity index is 1.77. The third kappa shape index (κ3) is 2.13. The van der Waals surface area contributed by atoms with Crippen LogP contribution in [0.25, 0.3) is 0 Å². The summed E-state index contributed by atoms with van der Waals surface area (Å²) in [6.45, 7) is 0. The van der Waals surface area contributed by atoms with Gasteiger partial charge in [-0.1, -0.05) is 6.42 Å². The molecule has 1 aromatic heterocycles. The van der Waals surface area contributed by atoms with Crippen molar-refractivity contribution in [2.24, 2.45) is 5.41 Å². The minimum absolute atomic E-state index is 0.184. The average molecular weight is 259 g/mol. The van der Waals surface area contributed by atoms with Crippen molar-refractivity contribution in [2.75, 3.05) is 0 Å². The first-order valence-electron chi connectivity index (χ1n) is 6.72. The van der Waals surface area contributed by atoms with Crippen molar-refractivity contribution in [3.05, 3.63) is 24.3 Å². The maximum atomic E-state index is 12.2. The molecule has 19 heavy (non-hydrogen) atoms. The fraction of sp³-hybridized carbons (Fsp3) is 0.571. The molecule has 0 saturated heterocycles. The molecule has 5 heteroatoms. The van der Waals surface area contributed by atoms with Crippen LogP contribution < -0.4 is 5.32 Å². The molecular weight excluding hydrogens is 242 g/mol. The topological polar surface area (TPSA) is 72.0 Å². The smallest absolute Gasteiger partial charge is 0.271 e. The van der Waals surface area contributed by atoms with E-state index >= 15 is 0 Å². The lowest BCUT2D eigenvalue weighted by atomic mass is 9.74. The van der Waals surface area contributed by atoms with Crippen molar-refractivity contribution in [3.63, 3.8) is 0 Å². The Morgan fingerprint density at radius 2 is 2.16 bits per heavy atom. The monoisotopic (exact) mass is 259 g/mol. The van der Waals surface area contributed by atoms with E-state index in [-0.39, 0.29) is 16.9 Å². The van der Waals surface area contributed by atoms with Crippen LogP contribution in [-0.2, 0) is 4.79 Å². The van der Waals surface area contributed by atoms with E-state index in [4.69, 9.17) is 0 Å². The number of fused-ring (bicyclic) bond motifs is 2. The molecule has 100 valence electrons. The van der Waals surface area contributed by atoms with Gasteiger partial charge in [0.2, 0.25) is 0 Å². The highest BCUT2D eigenvalue weighted by atomic mass is 16.2. The number of carbonyl (C=O) groups is 2. The van der Waals surface area contributed by atoms with Crippen LogP contribution in [0.1, 0.15) is 49.0 Å². The van der Waals surface area contributed by atoms with E-state index in [9.17, 15) is 9.59 Å². The van der Waals surface area contributed by atoms with Crippen molar-refractivity contribution in [1.82, 2.24) is 15.3 Å². The molecule has 2 fully saturated rings. The Kier molecular flexibility index (Phi) is 2.84. The van der Waals surface area contributed by atoms with Crippen LogP contribution in [0.3, 0.4) is 0 Å². The Morgan fingerprint density at radius 1 is 1.26 bits per heavy atom. The molecule has 5 nitrogen and oxygen atoms in total. The van der Waals surface area contributed by atoms with Gasteiger partial charge in [0.1, 0.15) is 12.0 Å². The summed E-state index contributed by atoms with van der Waals surface area (Å²) in [6.07, 6.45) is 11.1. The minimum Gasteiger partial charge on any atom is -0.345 e. The standard InChI is InChI=1S/C14H17N3O2/c18-10-13-2-1-3-14(9-13,5-4-13)17-12(19)11-8-15-6-7-16-11/h6-8,10H,1-5,9H2,(H,17,19). The molecule has 1 amide bonds. The number of amides is 1. The summed E-state index contributed by atoms with van der Waals surface area (Å²) >= 11 is 0. The number of aldehydes is 1. The zero-order valence-corrected chi connectivity index (χ0v) is 10.8. The molecule has 1 aromatic rings. The van der Waals surface area contributed by atoms with Crippen LogP contribution in [-0.4, -0.2) is 27.7 Å². The van der Waals surface area contributed by atoms with E-state index in [1.54, 1.807) is 6.20 Å². The molecular formula is C14H17N3O2. The lowest BCUT2D eigenvalue weighted by Crippen LogP contribution is -2.49. The number of hydrogen-bond donors (Lipinski definition) is 1. The van der Waals surface area contributed by atoms with Gasteiger partial charge < -0.3 is 10.1 Å². The predicted molar refractivity (Wildman–Crippen MR) is 68.4 cm³/mol. The third-order valence-electron chi connectivity index (χ3n) is 4.55. The highest BCUT2D eigenvalue weighted by Crippen LogP contribution is 2.52. The summed E-state index contributed by atoms with van der Waals surface area (Å²) in [5.74, 6) is -0.184. The molecule has 1 N–H and O–H groups in total. The van der Waals surface area contributed by atoms with Crippen LogP contribution >= 0.6 is 0 Å². The van der Waals surface area contributed by atoms with Gasteiger partial charge >= 0.3 is 0 Å². The van der Waals surface area contributed by atoms with Crippen molar-refractivity contribution in [2.45, 2.75) is 44.1 Å². The first kappa shape index (κ1) is 12.3. The SMILES string of the molecule is O=CC12CCCC(NC(=O)c3cnccn3)(CC1)C2. The maximum absolute atomic E-state index is 12.2. The Bertz CT molecular complexity index is 505. The van der Waals surface area contributed by atoms with E-state index in [0.717, 1.165) is 44.8 Å². The number of rotatable bonds is 3. The predicted octanol–water partition coefficient (Wildman–Crippen LogP) is 1.50. The highest BCUT2D eigenvalue weighted by Gasteiger charge is 2.51. The van der Waals surface area contributed by atoms with Gasteiger partial charge in [-0.25, -0.2) is 4.98 Å². The Labute approximate surface area is 111 Å². The molecule has 2 atom stereocenters. The fourth-order valence-corrected chi connectivity index (χ4v) is 3.59. The maximum Gasteiger partial charge on any atom is 0.271 e. The Morgan fingerprint density at radius 3 is 2.89 bits per heavy atom. The van der Waals surface area contributed by atoms with Gasteiger partial charge in [-0.3, -0.25) is 9.78 Å². The van der Waals surface area contributed by atoms with E-state index in [1.165, 1.54) is 12.4 Å². The van der Waals surface area contributed by atoms with E-state index in [2.05, 4.69) is 15.3 Å². The fourth-order valence-electron chi connectivity index (χ4n) is 3.59. The lowest BCUT2D eigenvalue weighted by Gasteiger charge is -2.37. The Hall–Kier alpha value is -1.78. The normalized spacial score (nSPS) is 32.8. The molecule has 2 aliphatic rings.